The molecule has 4 heterocycles. The van der Waals surface area contributed by atoms with Crippen LogP contribution in [-0.4, -0.2) is 61.8 Å². The number of hydrogen-bond donors (Lipinski definition) is 0. The molecule has 1 fully saturated rings. The van der Waals surface area contributed by atoms with Gasteiger partial charge in [-0.05, 0) is 19.4 Å². The topological polar surface area (TPSA) is 75.1 Å². The zero-order chi connectivity index (χ0) is 19.5. The average molecular weight is 415 g/mol. The predicted molar refractivity (Wildman–Crippen MR) is 111 cm³/mol. The highest BCUT2D eigenvalue weighted by molar-refractivity contribution is 7.17. The summed E-state index contributed by atoms with van der Waals surface area (Å²) < 4.78 is 0. The van der Waals surface area contributed by atoms with Crippen molar-refractivity contribution in [1.82, 2.24) is 29.7 Å². The first kappa shape index (κ1) is 19.1. The van der Waals surface area contributed by atoms with Gasteiger partial charge in [0.15, 0.2) is 10.8 Å². The van der Waals surface area contributed by atoms with Gasteiger partial charge in [-0.2, -0.15) is 0 Å². The Morgan fingerprint density at radius 3 is 2.57 bits per heavy atom. The minimum atomic E-state index is 0.0544. The van der Waals surface area contributed by atoms with E-state index in [0.29, 0.717) is 15.7 Å². The molecular formula is C19H22N6OS2. The first-order valence-electron chi connectivity index (χ1n) is 9.33. The summed E-state index contributed by atoms with van der Waals surface area (Å²) in [5.41, 5.74) is 1.88. The number of aryl methyl sites for hydroxylation is 2. The molecule has 7 nitrogen and oxygen atoms in total. The zero-order valence-corrected chi connectivity index (χ0v) is 17.6. The lowest BCUT2D eigenvalue weighted by Crippen LogP contribution is -2.48. The van der Waals surface area contributed by atoms with Gasteiger partial charge in [0.05, 0.1) is 16.4 Å². The second-order valence-corrected chi connectivity index (χ2v) is 8.60. The maximum Gasteiger partial charge on any atom is 0.265 e. The van der Waals surface area contributed by atoms with Crippen molar-refractivity contribution in [2.75, 3.05) is 26.2 Å². The quantitative estimate of drug-likeness (QED) is 0.639. The van der Waals surface area contributed by atoms with Gasteiger partial charge in [-0.25, -0.2) is 19.9 Å². The summed E-state index contributed by atoms with van der Waals surface area (Å²) in [6, 6.07) is 1.77. The van der Waals surface area contributed by atoms with Gasteiger partial charge in [-0.1, -0.05) is 6.92 Å². The van der Waals surface area contributed by atoms with Crippen molar-refractivity contribution in [3.05, 3.63) is 45.1 Å². The Bertz CT molecular complexity index is 947. The minimum absolute atomic E-state index is 0.0544. The van der Waals surface area contributed by atoms with Crippen molar-refractivity contribution in [1.29, 1.82) is 0 Å². The number of nitrogens with zero attached hydrogens (tertiary/aromatic N) is 6. The number of piperazine rings is 1. The van der Waals surface area contributed by atoms with Crippen LogP contribution in [0.15, 0.2) is 23.8 Å². The molecule has 1 aliphatic heterocycles. The summed E-state index contributed by atoms with van der Waals surface area (Å²) in [6.45, 7) is 8.02. The summed E-state index contributed by atoms with van der Waals surface area (Å²) in [5, 5.41) is 4.02. The van der Waals surface area contributed by atoms with Crippen LogP contribution < -0.4 is 0 Å². The molecule has 9 heteroatoms. The van der Waals surface area contributed by atoms with Gasteiger partial charge in [-0.15, -0.1) is 22.7 Å². The van der Waals surface area contributed by atoms with Crippen molar-refractivity contribution in [3.8, 4) is 10.8 Å². The molecule has 146 valence electrons. The van der Waals surface area contributed by atoms with E-state index in [1.54, 1.807) is 29.8 Å². The van der Waals surface area contributed by atoms with Crippen molar-refractivity contribution in [2.24, 2.45) is 0 Å². The highest BCUT2D eigenvalue weighted by Crippen LogP contribution is 2.26. The van der Waals surface area contributed by atoms with Crippen LogP contribution >= 0.6 is 22.7 Å². The second kappa shape index (κ2) is 8.42. The number of rotatable bonds is 5. The van der Waals surface area contributed by atoms with E-state index in [2.05, 4.69) is 37.1 Å². The number of aromatic nitrogens is 4. The first-order valence-corrected chi connectivity index (χ1v) is 11.0. The van der Waals surface area contributed by atoms with Gasteiger partial charge in [0.25, 0.3) is 5.91 Å². The summed E-state index contributed by atoms with van der Waals surface area (Å²) in [5.74, 6) is 0.618. The monoisotopic (exact) mass is 414 g/mol. The number of thiazole rings is 2. The van der Waals surface area contributed by atoms with Crippen LogP contribution in [-0.2, 0) is 13.0 Å². The largest absolute Gasteiger partial charge is 0.335 e. The Balaban J connectivity index is 1.38. The van der Waals surface area contributed by atoms with Crippen molar-refractivity contribution >= 4 is 28.6 Å². The van der Waals surface area contributed by atoms with Gasteiger partial charge >= 0.3 is 0 Å². The number of amides is 1. The molecule has 0 spiro atoms. The lowest BCUT2D eigenvalue weighted by atomic mass is 10.2. The molecule has 1 saturated heterocycles. The Morgan fingerprint density at radius 2 is 1.89 bits per heavy atom. The molecule has 0 N–H and O–H groups in total. The van der Waals surface area contributed by atoms with E-state index < -0.39 is 0 Å². The van der Waals surface area contributed by atoms with Crippen LogP contribution in [0.5, 0.6) is 0 Å². The van der Waals surface area contributed by atoms with Crippen LogP contribution in [0, 0.1) is 6.92 Å². The summed E-state index contributed by atoms with van der Waals surface area (Å²) in [7, 11) is 0. The molecule has 28 heavy (non-hydrogen) atoms. The normalized spacial score (nSPS) is 15.1. The minimum Gasteiger partial charge on any atom is -0.335 e. The lowest BCUT2D eigenvalue weighted by Gasteiger charge is -2.34. The molecule has 0 saturated carbocycles. The molecule has 3 aromatic rings. The van der Waals surface area contributed by atoms with Gasteiger partial charge in [0.1, 0.15) is 4.88 Å². The fraction of sp³-hybridized carbons (Fsp3) is 0.421. The molecule has 0 bridgehead atoms. The maximum atomic E-state index is 13.0. The van der Waals surface area contributed by atoms with Crippen LogP contribution in [0.2, 0.25) is 0 Å². The van der Waals surface area contributed by atoms with Crippen molar-refractivity contribution < 1.29 is 4.79 Å². The molecular weight excluding hydrogens is 392 g/mol. The average Bonchev–Trinajstić information content (AvgIpc) is 3.35. The van der Waals surface area contributed by atoms with Crippen molar-refractivity contribution in [3.63, 3.8) is 0 Å². The van der Waals surface area contributed by atoms with Crippen LogP contribution in [0.4, 0.5) is 0 Å². The van der Waals surface area contributed by atoms with Gasteiger partial charge in [-0.3, -0.25) is 9.69 Å². The summed E-state index contributed by atoms with van der Waals surface area (Å²) >= 11 is 3.10. The SMILES string of the molecule is CCc1nc(CN2CCN(C(=O)c3sc(-c4ncccn4)nc3C)CC2)cs1. The molecule has 1 aliphatic rings. The molecule has 3 aromatic heterocycles. The second-order valence-electron chi connectivity index (χ2n) is 6.66. The third-order valence-electron chi connectivity index (χ3n) is 4.69. The molecule has 4 rings (SSSR count). The van der Waals surface area contributed by atoms with E-state index in [1.807, 2.05) is 11.8 Å². The van der Waals surface area contributed by atoms with E-state index >= 15 is 0 Å². The first-order chi connectivity index (χ1) is 13.6. The lowest BCUT2D eigenvalue weighted by molar-refractivity contribution is 0.0631. The smallest absolute Gasteiger partial charge is 0.265 e. The van der Waals surface area contributed by atoms with E-state index in [9.17, 15) is 4.79 Å². The molecule has 0 aromatic carbocycles. The summed E-state index contributed by atoms with van der Waals surface area (Å²) in [6.07, 6.45) is 4.36. The van der Waals surface area contributed by atoms with Gasteiger partial charge in [0, 0.05) is 50.5 Å². The van der Waals surface area contributed by atoms with E-state index in [4.69, 9.17) is 0 Å². The van der Waals surface area contributed by atoms with Crippen LogP contribution in [0.1, 0.15) is 33.0 Å². The fourth-order valence-electron chi connectivity index (χ4n) is 3.17. The zero-order valence-electron chi connectivity index (χ0n) is 16.0. The Kier molecular flexibility index (Phi) is 5.74. The highest BCUT2D eigenvalue weighted by Gasteiger charge is 2.26. The number of hydrogen-bond acceptors (Lipinski definition) is 8. The van der Waals surface area contributed by atoms with Gasteiger partial charge in [0.2, 0.25) is 0 Å². The molecule has 0 radical (unpaired) electrons. The Labute approximate surface area is 172 Å². The maximum absolute atomic E-state index is 13.0. The highest BCUT2D eigenvalue weighted by atomic mass is 32.1. The third kappa shape index (κ3) is 4.11. The number of carbonyl (C=O) groups excluding carboxylic acids is 1. The molecule has 0 atom stereocenters. The van der Waals surface area contributed by atoms with Crippen molar-refractivity contribution in [2.45, 2.75) is 26.8 Å². The van der Waals surface area contributed by atoms with Crippen LogP contribution in [0.25, 0.3) is 10.8 Å². The predicted octanol–water partition coefficient (Wildman–Crippen LogP) is 2.89. The molecule has 0 aliphatic carbocycles. The summed E-state index contributed by atoms with van der Waals surface area (Å²) in [4.78, 5) is 35.6. The van der Waals surface area contributed by atoms with E-state index in [-0.39, 0.29) is 5.91 Å². The molecule has 0 unspecified atom stereocenters. The fourth-order valence-corrected chi connectivity index (χ4v) is 4.88. The van der Waals surface area contributed by atoms with Crippen LogP contribution in [0.3, 0.4) is 0 Å². The Hall–Kier alpha value is -2.23. The van der Waals surface area contributed by atoms with E-state index in [0.717, 1.165) is 50.5 Å². The standard InChI is InChI=1S/C19H22N6OS2/c1-3-15-23-14(12-27-15)11-24-7-9-25(10-8-24)19(26)16-13(2)22-18(28-16)17-20-5-4-6-21-17/h4-6,12H,3,7-11H2,1-2H3. The van der Waals surface area contributed by atoms with E-state index in [1.165, 1.54) is 16.3 Å². The molecule has 1 amide bonds. The Morgan fingerprint density at radius 1 is 1.14 bits per heavy atom. The third-order valence-corrected chi connectivity index (χ3v) is 6.88. The number of carbonyl (C=O) groups is 1. The van der Waals surface area contributed by atoms with Gasteiger partial charge < -0.3 is 4.90 Å².